The molecule has 5 heteroatoms. The molecule has 0 aliphatic carbocycles. The third kappa shape index (κ3) is 3.16. The Labute approximate surface area is 105 Å². The zero-order chi connectivity index (χ0) is 13.8. The van der Waals surface area contributed by atoms with E-state index in [1.165, 1.54) is 0 Å². The van der Waals surface area contributed by atoms with Gasteiger partial charge in [0.05, 0.1) is 12.3 Å². The molecule has 0 radical (unpaired) electrons. The number of nitrogens with one attached hydrogen (secondary N) is 1. The molecule has 0 bridgehead atoms. The van der Waals surface area contributed by atoms with Crippen LogP contribution in [-0.4, -0.2) is 18.3 Å². The van der Waals surface area contributed by atoms with Gasteiger partial charge in [0.1, 0.15) is 5.82 Å². The number of anilines is 1. The Morgan fingerprint density at radius 3 is 2.11 bits per heavy atom. The van der Waals surface area contributed by atoms with Crippen LogP contribution in [0.5, 0.6) is 0 Å². The van der Waals surface area contributed by atoms with Crippen molar-refractivity contribution < 1.29 is 18.3 Å². The number of benzene rings is 1. The Balaban J connectivity index is 2.83. The maximum atomic E-state index is 13.4. The van der Waals surface area contributed by atoms with Crippen molar-refractivity contribution in [2.45, 2.75) is 26.7 Å². The number of rotatable bonds is 6. The van der Waals surface area contributed by atoms with Crippen LogP contribution >= 0.6 is 0 Å². The first-order valence-corrected chi connectivity index (χ1v) is 5.97. The van der Waals surface area contributed by atoms with E-state index in [0.29, 0.717) is 25.5 Å². The molecule has 0 saturated carbocycles. The summed E-state index contributed by atoms with van der Waals surface area (Å²) in [5.41, 5.74) is -0.467. The summed E-state index contributed by atoms with van der Waals surface area (Å²) < 4.78 is 39.1. The van der Waals surface area contributed by atoms with Gasteiger partial charge in [-0.25, -0.2) is 13.2 Å². The fourth-order valence-corrected chi connectivity index (χ4v) is 1.72. The van der Waals surface area contributed by atoms with E-state index < -0.39 is 17.5 Å². The summed E-state index contributed by atoms with van der Waals surface area (Å²) in [5.74, 6) is -3.15. The second kappa shape index (κ2) is 6.09. The molecule has 2 nitrogen and oxygen atoms in total. The van der Waals surface area contributed by atoms with Crippen LogP contribution in [0.3, 0.4) is 0 Å². The molecule has 0 aliphatic heterocycles. The molecule has 0 saturated heterocycles. The summed E-state index contributed by atoms with van der Waals surface area (Å²) >= 11 is 0. The van der Waals surface area contributed by atoms with Gasteiger partial charge in [0.15, 0.2) is 11.6 Å². The Morgan fingerprint density at radius 1 is 1.06 bits per heavy atom. The van der Waals surface area contributed by atoms with Crippen LogP contribution in [0, 0.1) is 22.9 Å². The highest BCUT2D eigenvalue weighted by atomic mass is 19.2. The minimum absolute atomic E-state index is 0.0434. The van der Waals surface area contributed by atoms with E-state index in [1.807, 2.05) is 13.8 Å². The van der Waals surface area contributed by atoms with Gasteiger partial charge < -0.3 is 10.4 Å². The summed E-state index contributed by atoms with van der Waals surface area (Å²) in [6.45, 7) is 4.10. The predicted molar refractivity (Wildman–Crippen MR) is 64.9 cm³/mol. The van der Waals surface area contributed by atoms with Gasteiger partial charge in [-0.05, 0) is 12.8 Å². The molecule has 0 amide bonds. The van der Waals surface area contributed by atoms with E-state index in [9.17, 15) is 18.3 Å². The fourth-order valence-electron chi connectivity index (χ4n) is 1.72. The lowest BCUT2D eigenvalue weighted by molar-refractivity contribution is 0.127. The lowest BCUT2D eigenvalue weighted by Gasteiger charge is -2.30. The van der Waals surface area contributed by atoms with Gasteiger partial charge in [-0.1, -0.05) is 13.8 Å². The third-order valence-corrected chi connectivity index (χ3v) is 3.50. The van der Waals surface area contributed by atoms with Gasteiger partial charge in [0, 0.05) is 24.1 Å². The lowest BCUT2D eigenvalue weighted by atomic mass is 9.83. The van der Waals surface area contributed by atoms with E-state index in [0.717, 1.165) is 6.07 Å². The smallest absolute Gasteiger partial charge is 0.161 e. The Morgan fingerprint density at radius 2 is 1.61 bits per heavy atom. The molecule has 1 rings (SSSR count). The second-order valence-electron chi connectivity index (χ2n) is 4.46. The van der Waals surface area contributed by atoms with Crippen LogP contribution in [0.25, 0.3) is 0 Å². The molecule has 0 spiro atoms. The van der Waals surface area contributed by atoms with Crippen LogP contribution in [0.15, 0.2) is 12.1 Å². The molecule has 0 atom stereocenters. The summed E-state index contributed by atoms with van der Waals surface area (Å²) in [7, 11) is 0. The van der Waals surface area contributed by atoms with Crippen molar-refractivity contribution >= 4 is 5.69 Å². The number of aliphatic hydroxyl groups is 1. The van der Waals surface area contributed by atoms with Gasteiger partial charge in [-0.2, -0.15) is 0 Å². The largest absolute Gasteiger partial charge is 0.396 e. The summed E-state index contributed by atoms with van der Waals surface area (Å²) in [6, 6.07) is 1.30. The number of halogens is 3. The highest BCUT2D eigenvalue weighted by Crippen LogP contribution is 2.27. The monoisotopic (exact) mass is 261 g/mol. The summed E-state index contributed by atoms with van der Waals surface area (Å²) in [4.78, 5) is 0. The molecular weight excluding hydrogens is 243 g/mol. The molecule has 102 valence electrons. The van der Waals surface area contributed by atoms with Gasteiger partial charge >= 0.3 is 0 Å². The van der Waals surface area contributed by atoms with Crippen molar-refractivity contribution in [3.63, 3.8) is 0 Å². The van der Waals surface area contributed by atoms with Crippen molar-refractivity contribution in [2.75, 3.05) is 18.5 Å². The molecule has 2 N–H and O–H groups in total. The van der Waals surface area contributed by atoms with Crippen LogP contribution in [0.1, 0.15) is 26.7 Å². The van der Waals surface area contributed by atoms with Crippen molar-refractivity contribution in [1.29, 1.82) is 0 Å². The topological polar surface area (TPSA) is 32.3 Å². The van der Waals surface area contributed by atoms with Gasteiger partial charge in [-0.15, -0.1) is 0 Å². The standard InChI is InChI=1S/C13H18F3NO/c1-3-13(4-2,8-18)7-17-12-6-10(15)9(14)5-11(12)16/h5-6,17-18H,3-4,7-8H2,1-2H3. The lowest BCUT2D eigenvalue weighted by Crippen LogP contribution is -2.32. The van der Waals surface area contributed by atoms with Crippen molar-refractivity contribution in [3.05, 3.63) is 29.6 Å². The maximum absolute atomic E-state index is 13.4. The molecule has 1 aromatic rings. The molecule has 0 unspecified atom stereocenters. The summed E-state index contributed by atoms with van der Waals surface area (Å²) in [5, 5.41) is 12.1. The predicted octanol–water partition coefficient (Wildman–Crippen LogP) is 3.31. The summed E-state index contributed by atoms with van der Waals surface area (Å²) in [6.07, 6.45) is 1.41. The van der Waals surface area contributed by atoms with E-state index in [1.54, 1.807) is 0 Å². The third-order valence-electron chi connectivity index (χ3n) is 3.50. The van der Waals surface area contributed by atoms with Crippen molar-refractivity contribution in [3.8, 4) is 0 Å². The molecule has 0 heterocycles. The zero-order valence-electron chi connectivity index (χ0n) is 10.6. The highest BCUT2D eigenvalue weighted by Gasteiger charge is 2.25. The average Bonchev–Trinajstić information content (AvgIpc) is 2.37. The van der Waals surface area contributed by atoms with Gasteiger partial charge in [0.25, 0.3) is 0 Å². The molecular formula is C13H18F3NO. The normalized spacial score (nSPS) is 11.7. The first-order valence-electron chi connectivity index (χ1n) is 5.97. The Bertz CT molecular complexity index is 397. The Kier molecular flexibility index (Phi) is 5.02. The molecule has 0 aromatic heterocycles. The molecule has 1 aromatic carbocycles. The Hall–Kier alpha value is -1.23. The molecule has 18 heavy (non-hydrogen) atoms. The fraction of sp³-hybridized carbons (Fsp3) is 0.538. The number of hydrogen-bond acceptors (Lipinski definition) is 2. The van der Waals surface area contributed by atoms with E-state index >= 15 is 0 Å². The van der Waals surface area contributed by atoms with E-state index in [-0.39, 0.29) is 17.7 Å². The highest BCUT2D eigenvalue weighted by molar-refractivity contribution is 5.45. The average molecular weight is 261 g/mol. The van der Waals surface area contributed by atoms with Crippen LogP contribution in [0.2, 0.25) is 0 Å². The SMILES string of the molecule is CCC(CC)(CO)CNc1cc(F)c(F)cc1F. The quantitative estimate of drug-likeness (QED) is 0.770. The number of hydrogen-bond donors (Lipinski definition) is 2. The number of aliphatic hydroxyl groups excluding tert-OH is 1. The zero-order valence-corrected chi connectivity index (χ0v) is 10.6. The van der Waals surface area contributed by atoms with Crippen LogP contribution < -0.4 is 5.32 Å². The van der Waals surface area contributed by atoms with Crippen molar-refractivity contribution in [1.82, 2.24) is 0 Å². The minimum Gasteiger partial charge on any atom is -0.396 e. The minimum atomic E-state index is -1.21. The van der Waals surface area contributed by atoms with Crippen LogP contribution in [0.4, 0.5) is 18.9 Å². The van der Waals surface area contributed by atoms with Crippen LogP contribution in [-0.2, 0) is 0 Å². The van der Waals surface area contributed by atoms with E-state index in [2.05, 4.69) is 5.32 Å². The molecule has 0 aliphatic rings. The van der Waals surface area contributed by atoms with E-state index in [4.69, 9.17) is 0 Å². The van der Waals surface area contributed by atoms with Gasteiger partial charge in [0.2, 0.25) is 0 Å². The molecule has 0 fully saturated rings. The second-order valence-corrected chi connectivity index (χ2v) is 4.46. The maximum Gasteiger partial charge on any atom is 0.161 e. The first-order chi connectivity index (χ1) is 8.48. The first kappa shape index (κ1) is 14.8. The van der Waals surface area contributed by atoms with Gasteiger partial charge in [-0.3, -0.25) is 0 Å². The van der Waals surface area contributed by atoms with Crippen molar-refractivity contribution in [2.24, 2.45) is 5.41 Å².